The average molecular weight is 533 g/mol. The maximum absolute atomic E-state index is 13.9. The second-order valence-corrected chi connectivity index (χ2v) is 9.71. The van der Waals surface area contributed by atoms with Crippen molar-refractivity contribution in [3.8, 4) is 11.5 Å². The van der Waals surface area contributed by atoms with Crippen LogP contribution in [-0.2, 0) is 0 Å². The molecule has 0 bridgehead atoms. The number of nitrogens with zero attached hydrogens (tertiary/aromatic N) is 2. The fourth-order valence-electron chi connectivity index (χ4n) is 4.77. The fraction of sp³-hybridized carbons (Fsp3) is 0.300. The van der Waals surface area contributed by atoms with Crippen LogP contribution in [0.4, 0.5) is 5.82 Å². The van der Waals surface area contributed by atoms with Crippen molar-refractivity contribution in [2.24, 2.45) is 0 Å². The van der Waals surface area contributed by atoms with Crippen LogP contribution in [0.25, 0.3) is 11.0 Å². The Morgan fingerprint density at radius 2 is 1.84 bits per heavy atom. The summed E-state index contributed by atoms with van der Waals surface area (Å²) in [5.41, 5.74) is 1.84. The summed E-state index contributed by atoms with van der Waals surface area (Å²) in [5.74, 6) is 1.15. The Morgan fingerprint density at radius 1 is 1.00 bits per heavy atom. The number of anilines is 1. The van der Waals surface area contributed by atoms with E-state index in [0.717, 1.165) is 24.8 Å². The SMILES string of the molecule is CCCCCOc1ccc(C2c3c(oc4ccc(Cl)cc4c3=O)C(=O)N2c2cc(C)ccn2)cc1OCC. The van der Waals surface area contributed by atoms with Crippen LogP contribution in [0.2, 0.25) is 5.02 Å². The molecule has 8 heteroatoms. The first-order valence-electron chi connectivity index (χ1n) is 12.8. The number of hydrogen-bond donors (Lipinski definition) is 0. The van der Waals surface area contributed by atoms with Gasteiger partial charge in [-0.1, -0.05) is 37.4 Å². The third-order valence-electron chi connectivity index (χ3n) is 6.57. The molecule has 0 radical (unpaired) electrons. The van der Waals surface area contributed by atoms with Crippen LogP contribution in [0.1, 0.15) is 66.4 Å². The van der Waals surface area contributed by atoms with E-state index in [1.54, 1.807) is 24.4 Å². The summed E-state index contributed by atoms with van der Waals surface area (Å²) in [5, 5.41) is 0.722. The number of aryl methyl sites for hydroxylation is 1. The van der Waals surface area contributed by atoms with Crippen LogP contribution in [0.15, 0.2) is 63.9 Å². The zero-order valence-electron chi connectivity index (χ0n) is 21.6. The number of amides is 1. The van der Waals surface area contributed by atoms with Crippen molar-refractivity contribution in [2.75, 3.05) is 18.1 Å². The van der Waals surface area contributed by atoms with Crippen molar-refractivity contribution in [3.05, 3.63) is 92.4 Å². The Morgan fingerprint density at radius 3 is 2.61 bits per heavy atom. The molecule has 38 heavy (non-hydrogen) atoms. The molecule has 0 fully saturated rings. The second-order valence-electron chi connectivity index (χ2n) is 9.28. The minimum absolute atomic E-state index is 0.00372. The first-order valence-corrected chi connectivity index (χ1v) is 13.2. The highest BCUT2D eigenvalue weighted by molar-refractivity contribution is 6.31. The van der Waals surface area contributed by atoms with Gasteiger partial charge in [-0.25, -0.2) is 4.98 Å². The van der Waals surface area contributed by atoms with Crippen LogP contribution in [0, 0.1) is 6.92 Å². The number of carbonyl (C=O) groups excluding carboxylic acids is 1. The van der Waals surface area contributed by atoms with Crippen molar-refractivity contribution in [2.45, 2.75) is 46.1 Å². The predicted molar refractivity (Wildman–Crippen MR) is 148 cm³/mol. The molecule has 1 unspecified atom stereocenters. The van der Waals surface area contributed by atoms with Gasteiger partial charge in [-0.3, -0.25) is 14.5 Å². The molecule has 0 spiro atoms. The Kier molecular flexibility index (Phi) is 7.38. The van der Waals surface area contributed by atoms with Crippen LogP contribution >= 0.6 is 11.6 Å². The maximum atomic E-state index is 13.9. The van der Waals surface area contributed by atoms with E-state index >= 15 is 0 Å². The van der Waals surface area contributed by atoms with Crippen molar-refractivity contribution < 1.29 is 18.7 Å². The van der Waals surface area contributed by atoms with E-state index < -0.39 is 11.9 Å². The molecule has 5 rings (SSSR count). The van der Waals surface area contributed by atoms with Gasteiger partial charge in [0.15, 0.2) is 16.9 Å². The van der Waals surface area contributed by atoms with Gasteiger partial charge in [-0.05, 0) is 73.9 Å². The topological polar surface area (TPSA) is 81.9 Å². The highest BCUT2D eigenvalue weighted by Crippen LogP contribution is 2.43. The molecule has 0 N–H and O–H groups in total. The smallest absolute Gasteiger partial charge is 0.296 e. The molecule has 0 saturated carbocycles. The Balaban J connectivity index is 1.68. The number of benzene rings is 2. The molecule has 0 saturated heterocycles. The molecule has 2 aromatic carbocycles. The van der Waals surface area contributed by atoms with E-state index in [2.05, 4.69) is 11.9 Å². The third-order valence-corrected chi connectivity index (χ3v) is 6.80. The first-order chi connectivity index (χ1) is 18.4. The van der Waals surface area contributed by atoms with E-state index in [9.17, 15) is 9.59 Å². The molecule has 1 atom stereocenters. The standard InChI is InChI=1S/C30H29ClN2O5/c1-4-6-7-14-37-23-10-8-19(16-24(23)36-5-2)27-26-28(34)21-17-20(31)9-11-22(21)38-29(26)30(35)33(27)25-15-18(3)12-13-32-25/h8-13,15-17,27H,4-7,14H2,1-3H3. The molecule has 0 aliphatic carbocycles. The number of carbonyl (C=O) groups is 1. The van der Waals surface area contributed by atoms with Crippen molar-refractivity contribution in [1.82, 2.24) is 4.98 Å². The number of ether oxygens (including phenoxy) is 2. The summed E-state index contributed by atoms with van der Waals surface area (Å²) in [6.45, 7) is 6.97. The van der Waals surface area contributed by atoms with Crippen LogP contribution in [0.3, 0.4) is 0 Å². The highest BCUT2D eigenvalue weighted by atomic mass is 35.5. The number of unbranched alkanes of at least 4 members (excludes halogenated alkanes) is 2. The summed E-state index contributed by atoms with van der Waals surface area (Å²) < 4.78 is 18.0. The van der Waals surface area contributed by atoms with Crippen molar-refractivity contribution >= 4 is 34.3 Å². The van der Waals surface area contributed by atoms with Gasteiger partial charge in [-0.15, -0.1) is 0 Å². The monoisotopic (exact) mass is 532 g/mol. The molecular formula is C30H29ClN2O5. The number of halogens is 1. The molecule has 1 aliphatic rings. The number of pyridine rings is 1. The lowest BCUT2D eigenvalue weighted by atomic mass is 9.98. The normalized spacial score (nSPS) is 14.7. The Labute approximate surface area is 226 Å². The summed E-state index contributed by atoms with van der Waals surface area (Å²) in [4.78, 5) is 33.6. The lowest BCUT2D eigenvalue weighted by Crippen LogP contribution is -2.30. The minimum atomic E-state index is -0.778. The Hall–Kier alpha value is -3.84. The molecular weight excluding hydrogens is 504 g/mol. The van der Waals surface area contributed by atoms with E-state index in [4.69, 9.17) is 25.5 Å². The van der Waals surface area contributed by atoms with Crippen LogP contribution in [0.5, 0.6) is 11.5 Å². The fourth-order valence-corrected chi connectivity index (χ4v) is 4.94. The average Bonchev–Trinajstić information content (AvgIpc) is 3.20. The van der Waals surface area contributed by atoms with Gasteiger partial charge in [0.2, 0.25) is 5.76 Å². The van der Waals surface area contributed by atoms with Gasteiger partial charge in [0.1, 0.15) is 11.4 Å². The highest BCUT2D eigenvalue weighted by Gasteiger charge is 2.44. The summed E-state index contributed by atoms with van der Waals surface area (Å²) in [6.07, 6.45) is 4.76. The Bertz CT molecular complexity index is 1560. The van der Waals surface area contributed by atoms with Gasteiger partial charge >= 0.3 is 0 Å². The van der Waals surface area contributed by atoms with Crippen molar-refractivity contribution in [3.63, 3.8) is 0 Å². The molecule has 1 aliphatic heterocycles. The third kappa shape index (κ3) is 4.74. The van der Waals surface area contributed by atoms with E-state index in [0.29, 0.717) is 52.1 Å². The molecule has 4 aromatic rings. The number of rotatable bonds is 9. The first kappa shape index (κ1) is 25.8. The molecule has 7 nitrogen and oxygen atoms in total. The summed E-state index contributed by atoms with van der Waals surface area (Å²) >= 11 is 6.20. The molecule has 196 valence electrons. The van der Waals surface area contributed by atoms with Gasteiger partial charge in [0, 0.05) is 11.2 Å². The van der Waals surface area contributed by atoms with Crippen LogP contribution < -0.4 is 19.8 Å². The number of hydrogen-bond acceptors (Lipinski definition) is 6. The summed E-state index contributed by atoms with van der Waals surface area (Å²) in [7, 11) is 0. The van der Waals surface area contributed by atoms with Crippen LogP contribution in [-0.4, -0.2) is 24.1 Å². The maximum Gasteiger partial charge on any atom is 0.296 e. The van der Waals surface area contributed by atoms with Gasteiger partial charge in [0.25, 0.3) is 5.91 Å². The quantitative estimate of drug-likeness (QED) is 0.219. The van der Waals surface area contributed by atoms with Crippen molar-refractivity contribution in [1.29, 1.82) is 0 Å². The van der Waals surface area contributed by atoms with E-state index in [-0.39, 0.29) is 16.8 Å². The minimum Gasteiger partial charge on any atom is -0.490 e. The zero-order valence-corrected chi connectivity index (χ0v) is 22.4. The molecule has 3 heterocycles. The van der Waals surface area contributed by atoms with Gasteiger partial charge < -0.3 is 13.9 Å². The zero-order chi connectivity index (χ0) is 26.8. The van der Waals surface area contributed by atoms with Gasteiger partial charge in [0.05, 0.1) is 30.2 Å². The number of aromatic nitrogens is 1. The molecule has 1 amide bonds. The molecule has 2 aromatic heterocycles. The van der Waals surface area contributed by atoms with E-state index in [1.165, 1.54) is 4.90 Å². The largest absolute Gasteiger partial charge is 0.490 e. The lowest BCUT2D eigenvalue weighted by Gasteiger charge is -2.25. The summed E-state index contributed by atoms with van der Waals surface area (Å²) in [6, 6.07) is 13.2. The number of fused-ring (bicyclic) bond motifs is 2. The second kappa shape index (κ2) is 10.9. The lowest BCUT2D eigenvalue weighted by molar-refractivity contribution is 0.0970. The van der Waals surface area contributed by atoms with E-state index in [1.807, 2.05) is 44.2 Å². The van der Waals surface area contributed by atoms with Gasteiger partial charge in [-0.2, -0.15) is 0 Å². The predicted octanol–water partition coefficient (Wildman–Crippen LogP) is 6.87.